The van der Waals surface area contributed by atoms with E-state index in [0.29, 0.717) is 10.6 Å². The zero-order valence-electron chi connectivity index (χ0n) is 16.3. The zero-order valence-corrected chi connectivity index (χ0v) is 17.1. The van der Waals surface area contributed by atoms with Crippen LogP contribution in [0.5, 0.6) is 23.0 Å². The predicted molar refractivity (Wildman–Crippen MR) is 110 cm³/mol. The molecule has 0 aliphatic carbocycles. The molecule has 0 N–H and O–H groups in total. The van der Waals surface area contributed by atoms with Crippen LogP contribution in [0.1, 0.15) is 15.4 Å². The van der Waals surface area contributed by atoms with Crippen LogP contribution in [0.15, 0.2) is 69.2 Å². The number of rotatable bonds is 5. The first-order valence-electron chi connectivity index (χ1n) is 9.02. The van der Waals surface area contributed by atoms with Crippen LogP contribution in [0.3, 0.4) is 0 Å². The average molecular weight is 462 g/mol. The third-order valence-corrected chi connectivity index (χ3v) is 5.12. The molecular weight excluding hydrogens is 449 g/mol. The van der Waals surface area contributed by atoms with E-state index in [1.165, 1.54) is 43.5 Å². The maximum absolute atomic E-state index is 13.7. The van der Waals surface area contributed by atoms with E-state index < -0.39 is 34.7 Å². The molecule has 0 unspecified atom stereocenters. The molecule has 0 saturated heterocycles. The number of carbonyl (C=O) groups excluding carboxylic acids is 1. The normalized spacial score (nSPS) is 11.4. The molecule has 0 aliphatic rings. The highest BCUT2D eigenvalue weighted by Crippen LogP contribution is 2.39. The minimum atomic E-state index is -5.02. The number of thiophene rings is 1. The molecule has 0 fully saturated rings. The molecule has 0 spiro atoms. The van der Waals surface area contributed by atoms with Gasteiger partial charge in [-0.1, -0.05) is 12.1 Å². The molecular formula is C22H13F3O6S. The fourth-order valence-corrected chi connectivity index (χ4v) is 3.43. The van der Waals surface area contributed by atoms with Gasteiger partial charge in [0.15, 0.2) is 0 Å². The summed E-state index contributed by atoms with van der Waals surface area (Å²) < 4.78 is 61.5. The van der Waals surface area contributed by atoms with Crippen LogP contribution in [0.25, 0.3) is 11.0 Å². The van der Waals surface area contributed by atoms with Gasteiger partial charge in [0, 0.05) is 12.1 Å². The molecule has 10 heteroatoms. The summed E-state index contributed by atoms with van der Waals surface area (Å²) in [5, 5.41) is 1.50. The van der Waals surface area contributed by atoms with Gasteiger partial charge in [-0.2, -0.15) is 13.2 Å². The van der Waals surface area contributed by atoms with Crippen molar-refractivity contribution in [1.29, 1.82) is 0 Å². The molecule has 4 aromatic rings. The van der Waals surface area contributed by atoms with E-state index in [0.717, 1.165) is 17.4 Å². The van der Waals surface area contributed by atoms with E-state index in [9.17, 15) is 22.8 Å². The lowest BCUT2D eigenvalue weighted by Gasteiger charge is -2.14. The van der Waals surface area contributed by atoms with Gasteiger partial charge in [-0.25, -0.2) is 4.79 Å². The maximum Gasteiger partial charge on any atom is 0.453 e. The lowest BCUT2D eigenvalue weighted by atomic mass is 10.2. The Kier molecular flexibility index (Phi) is 5.62. The minimum Gasteiger partial charge on any atom is -0.497 e. The first kappa shape index (κ1) is 21.4. The van der Waals surface area contributed by atoms with Crippen molar-refractivity contribution in [3.05, 3.63) is 80.8 Å². The summed E-state index contributed by atoms with van der Waals surface area (Å²) >= 11 is 1.15. The second kappa shape index (κ2) is 8.39. The van der Waals surface area contributed by atoms with Gasteiger partial charge in [0.25, 0.3) is 5.76 Å². The monoisotopic (exact) mass is 462 g/mol. The predicted octanol–water partition coefficient (Wildman–Crippen LogP) is 5.89. The van der Waals surface area contributed by atoms with Gasteiger partial charge in [-0.3, -0.25) is 4.79 Å². The Hall–Kier alpha value is -3.79. The molecule has 6 nitrogen and oxygen atoms in total. The van der Waals surface area contributed by atoms with Crippen molar-refractivity contribution < 1.29 is 36.6 Å². The highest BCUT2D eigenvalue weighted by atomic mass is 32.1. The fourth-order valence-electron chi connectivity index (χ4n) is 2.83. The van der Waals surface area contributed by atoms with Crippen LogP contribution in [0.2, 0.25) is 0 Å². The number of hydrogen-bond acceptors (Lipinski definition) is 7. The van der Waals surface area contributed by atoms with E-state index in [1.807, 2.05) is 0 Å². The number of benzene rings is 2. The average Bonchev–Trinajstić information content (AvgIpc) is 3.30. The molecule has 0 bridgehead atoms. The molecule has 2 heterocycles. The van der Waals surface area contributed by atoms with Crippen molar-refractivity contribution in [3.8, 4) is 23.0 Å². The minimum absolute atomic E-state index is 0.0389. The molecule has 0 amide bonds. The lowest BCUT2D eigenvalue weighted by Crippen LogP contribution is -2.15. The first-order chi connectivity index (χ1) is 15.3. The highest BCUT2D eigenvalue weighted by molar-refractivity contribution is 7.12. The summed E-state index contributed by atoms with van der Waals surface area (Å²) in [5.74, 6) is -3.09. The highest BCUT2D eigenvalue weighted by Gasteiger charge is 2.40. The van der Waals surface area contributed by atoms with E-state index in [1.54, 1.807) is 17.5 Å². The Labute approximate surface area is 182 Å². The van der Waals surface area contributed by atoms with Crippen LogP contribution in [-0.2, 0) is 6.18 Å². The van der Waals surface area contributed by atoms with E-state index >= 15 is 0 Å². The Morgan fingerprint density at radius 2 is 1.78 bits per heavy atom. The second-order valence-corrected chi connectivity index (χ2v) is 7.34. The van der Waals surface area contributed by atoms with Gasteiger partial charge in [-0.05, 0) is 35.7 Å². The Balaban J connectivity index is 1.78. The third-order valence-electron chi connectivity index (χ3n) is 4.27. The number of methoxy groups -OCH3 is 1. The molecule has 0 aliphatic heterocycles. The maximum atomic E-state index is 13.7. The van der Waals surface area contributed by atoms with Gasteiger partial charge < -0.3 is 18.6 Å². The SMILES string of the molecule is COc1cccc(Oc2c(C(F)(F)F)oc3cc(OC(=O)c4cccs4)ccc3c2=O)c1. The number of fused-ring (bicyclic) bond motifs is 1. The first-order valence-corrected chi connectivity index (χ1v) is 9.90. The summed E-state index contributed by atoms with van der Waals surface area (Å²) in [5.41, 5.74) is -1.44. The van der Waals surface area contributed by atoms with Crippen LogP contribution < -0.4 is 19.6 Å². The van der Waals surface area contributed by atoms with E-state index in [4.69, 9.17) is 18.6 Å². The standard InChI is InChI=1S/C22H13F3O6S/c1-28-12-4-2-5-13(10-12)29-19-18(26)15-8-7-14(30-21(27)17-6-3-9-32-17)11-16(15)31-20(19)22(23,24)25/h2-11H,1H3. The van der Waals surface area contributed by atoms with Gasteiger partial charge in [0.1, 0.15) is 27.7 Å². The van der Waals surface area contributed by atoms with E-state index in [2.05, 4.69) is 0 Å². The summed E-state index contributed by atoms with van der Waals surface area (Å²) in [6.45, 7) is 0. The Morgan fingerprint density at radius 3 is 2.47 bits per heavy atom. The molecule has 32 heavy (non-hydrogen) atoms. The number of carbonyl (C=O) groups is 1. The molecule has 2 aromatic heterocycles. The van der Waals surface area contributed by atoms with Crippen molar-refractivity contribution in [3.63, 3.8) is 0 Å². The summed E-state index contributed by atoms with van der Waals surface area (Å²) in [7, 11) is 1.38. The smallest absolute Gasteiger partial charge is 0.453 e. The third kappa shape index (κ3) is 4.30. The number of hydrogen-bond donors (Lipinski definition) is 0. The summed E-state index contributed by atoms with van der Waals surface area (Å²) in [6.07, 6.45) is -5.02. The zero-order chi connectivity index (χ0) is 22.9. The number of ether oxygens (including phenoxy) is 3. The number of alkyl halides is 3. The molecule has 2 aromatic carbocycles. The Bertz CT molecular complexity index is 1340. The summed E-state index contributed by atoms with van der Waals surface area (Å²) in [6, 6.07) is 12.5. The molecule has 0 atom stereocenters. The van der Waals surface area contributed by atoms with Crippen LogP contribution in [-0.4, -0.2) is 13.1 Å². The van der Waals surface area contributed by atoms with Crippen molar-refractivity contribution in [2.75, 3.05) is 7.11 Å². The quantitative estimate of drug-likeness (QED) is 0.272. The van der Waals surface area contributed by atoms with Crippen LogP contribution in [0, 0.1) is 0 Å². The Morgan fingerprint density at radius 1 is 1.00 bits per heavy atom. The number of esters is 1. The van der Waals surface area contributed by atoms with E-state index in [-0.39, 0.29) is 16.9 Å². The van der Waals surface area contributed by atoms with Gasteiger partial charge in [0.2, 0.25) is 11.2 Å². The lowest BCUT2D eigenvalue weighted by molar-refractivity contribution is -0.154. The molecule has 0 saturated carbocycles. The van der Waals surface area contributed by atoms with Gasteiger partial charge >= 0.3 is 12.1 Å². The van der Waals surface area contributed by atoms with Crippen LogP contribution in [0.4, 0.5) is 13.2 Å². The van der Waals surface area contributed by atoms with Crippen molar-refractivity contribution in [1.82, 2.24) is 0 Å². The molecule has 164 valence electrons. The fraction of sp³-hybridized carbons (Fsp3) is 0.0909. The van der Waals surface area contributed by atoms with Gasteiger partial charge in [-0.15, -0.1) is 11.3 Å². The van der Waals surface area contributed by atoms with Crippen molar-refractivity contribution >= 4 is 28.3 Å². The number of halogens is 3. The van der Waals surface area contributed by atoms with Crippen molar-refractivity contribution in [2.24, 2.45) is 0 Å². The topological polar surface area (TPSA) is 75.0 Å². The largest absolute Gasteiger partial charge is 0.497 e. The van der Waals surface area contributed by atoms with Crippen molar-refractivity contribution in [2.45, 2.75) is 6.18 Å². The van der Waals surface area contributed by atoms with Crippen LogP contribution >= 0.6 is 11.3 Å². The van der Waals surface area contributed by atoms with Gasteiger partial charge in [0.05, 0.1) is 12.5 Å². The molecule has 4 rings (SSSR count). The second-order valence-electron chi connectivity index (χ2n) is 6.39. The summed E-state index contributed by atoms with van der Waals surface area (Å²) in [4.78, 5) is 25.3. The molecule has 0 radical (unpaired) electrons.